The van der Waals surface area contributed by atoms with Crippen molar-refractivity contribution in [3.8, 4) is 17.2 Å². The van der Waals surface area contributed by atoms with Gasteiger partial charge in [-0.05, 0) is 71.2 Å². The van der Waals surface area contributed by atoms with E-state index in [4.69, 9.17) is 18.9 Å². The molecule has 3 heterocycles. The zero-order chi connectivity index (χ0) is 26.1. The summed E-state index contributed by atoms with van der Waals surface area (Å²) in [6, 6.07) is 10.2. The van der Waals surface area contributed by atoms with Crippen molar-refractivity contribution in [2.45, 2.75) is 19.9 Å². The van der Waals surface area contributed by atoms with E-state index >= 15 is 0 Å². The predicted molar refractivity (Wildman–Crippen MR) is 143 cm³/mol. The van der Waals surface area contributed by atoms with Gasteiger partial charge in [0.05, 0.1) is 32.9 Å². The van der Waals surface area contributed by atoms with Gasteiger partial charge in [0.15, 0.2) is 16.3 Å². The second kappa shape index (κ2) is 10.4. The summed E-state index contributed by atoms with van der Waals surface area (Å²) in [4.78, 5) is 31.9. The molecule has 0 amide bonds. The number of thiazole rings is 1. The van der Waals surface area contributed by atoms with Gasteiger partial charge in [-0.2, -0.15) is 0 Å². The van der Waals surface area contributed by atoms with Gasteiger partial charge in [-0.25, -0.2) is 9.79 Å². The van der Waals surface area contributed by atoms with Crippen LogP contribution in [-0.2, 0) is 9.53 Å². The minimum atomic E-state index is -0.728. The van der Waals surface area contributed by atoms with Gasteiger partial charge in [0.25, 0.3) is 5.56 Å². The average molecular weight is 583 g/mol. The van der Waals surface area contributed by atoms with Crippen LogP contribution in [0.25, 0.3) is 6.08 Å². The molecule has 0 saturated carbocycles. The summed E-state index contributed by atoms with van der Waals surface area (Å²) in [5.74, 6) is 1.33. The molecule has 2 aromatic carbocycles. The van der Waals surface area contributed by atoms with Gasteiger partial charge < -0.3 is 18.9 Å². The standard InChI is InChI=1S/C27H23BrN2O6S/c1-4-10-34-19-8-6-16(11-18(19)28)12-22-25(31)30-24(17-7-9-20-21(13-17)36-14-35-20)23(26(32)33-5-2)15(3)29-27(30)37-22/h4,6-9,11-13,24H,1,5,10,14H2,2-3H3/t24-/m0/s1. The Balaban J connectivity index is 1.65. The van der Waals surface area contributed by atoms with E-state index in [1.54, 1.807) is 42.7 Å². The first-order valence-electron chi connectivity index (χ1n) is 11.5. The lowest BCUT2D eigenvalue weighted by Gasteiger charge is -2.24. The Hall–Kier alpha value is -3.63. The van der Waals surface area contributed by atoms with Crippen LogP contribution in [0.1, 0.15) is 31.0 Å². The van der Waals surface area contributed by atoms with Crippen LogP contribution in [0.4, 0.5) is 0 Å². The van der Waals surface area contributed by atoms with E-state index in [0.29, 0.717) is 50.0 Å². The smallest absolute Gasteiger partial charge is 0.338 e. The maximum atomic E-state index is 13.8. The molecule has 0 fully saturated rings. The van der Waals surface area contributed by atoms with Crippen LogP contribution in [0, 0.1) is 0 Å². The highest BCUT2D eigenvalue weighted by molar-refractivity contribution is 9.10. The molecule has 0 saturated heterocycles. The summed E-state index contributed by atoms with van der Waals surface area (Å²) >= 11 is 4.78. The molecule has 37 heavy (non-hydrogen) atoms. The third kappa shape index (κ3) is 4.74. The van der Waals surface area contributed by atoms with E-state index < -0.39 is 12.0 Å². The number of hydrogen-bond donors (Lipinski definition) is 0. The third-order valence-electron chi connectivity index (χ3n) is 5.84. The molecule has 0 aliphatic carbocycles. The molecule has 0 spiro atoms. The Labute approximate surface area is 224 Å². The molecule has 1 atom stereocenters. The Bertz CT molecular complexity index is 1620. The number of aromatic nitrogens is 1. The number of fused-ring (bicyclic) bond motifs is 2. The normalized spacial score (nSPS) is 16.3. The number of nitrogens with zero attached hydrogens (tertiary/aromatic N) is 2. The van der Waals surface area contributed by atoms with Crippen LogP contribution in [0.2, 0.25) is 0 Å². The molecule has 0 N–H and O–H groups in total. The predicted octanol–water partition coefficient (Wildman–Crippen LogP) is 3.85. The number of allylic oxidation sites excluding steroid dienone is 1. The minimum absolute atomic E-state index is 0.119. The summed E-state index contributed by atoms with van der Waals surface area (Å²) in [6.07, 6.45) is 3.47. The van der Waals surface area contributed by atoms with Gasteiger partial charge in [-0.1, -0.05) is 36.1 Å². The van der Waals surface area contributed by atoms with E-state index in [0.717, 1.165) is 10.0 Å². The van der Waals surface area contributed by atoms with Crippen LogP contribution in [0.3, 0.4) is 0 Å². The van der Waals surface area contributed by atoms with Crippen LogP contribution >= 0.6 is 27.3 Å². The van der Waals surface area contributed by atoms with Crippen molar-refractivity contribution in [2.75, 3.05) is 20.0 Å². The highest BCUT2D eigenvalue weighted by atomic mass is 79.9. The van der Waals surface area contributed by atoms with E-state index in [9.17, 15) is 9.59 Å². The van der Waals surface area contributed by atoms with Crippen molar-refractivity contribution >= 4 is 39.3 Å². The van der Waals surface area contributed by atoms with Crippen molar-refractivity contribution in [1.82, 2.24) is 4.57 Å². The van der Waals surface area contributed by atoms with Crippen molar-refractivity contribution in [3.63, 3.8) is 0 Å². The fourth-order valence-corrected chi connectivity index (χ4v) is 5.77. The number of carbonyl (C=O) groups is 1. The minimum Gasteiger partial charge on any atom is -0.488 e. The van der Waals surface area contributed by atoms with Crippen molar-refractivity contribution in [3.05, 3.63) is 95.6 Å². The van der Waals surface area contributed by atoms with Gasteiger partial charge in [-0.15, -0.1) is 0 Å². The van der Waals surface area contributed by atoms with Gasteiger partial charge in [0.2, 0.25) is 6.79 Å². The zero-order valence-corrected chi connectivity index (χ0v) is 22.6. The largest absolute Gasteiger partial charge is 0.488 e. The third-order valence-corrected chi connectivity index (χ3v) is 7.44. The second-order valence-corrected chi connectivity index (χ2v) is 10.1. The Morgan fingerprint density at radius 3 is 2.84 bits per heavy atom. The fourth-order valence-electron chi connectivity index (χ4n) is 4.21. The molecule has 0 bridgehead atoms. The summed E-state index contributed by atoms with van der Waals surface area (Å²) < 4.78 is 24.8. The molecule has 5 rings (SSSR count). The molecular formula is C27H23BrN2O6S. The summed E-state index contributed by atoms with van der Waals surface area (Å²) in [5, 5.41) is 0. The molecule has 0 unspecified atom stereocenters. The topological polar surface area (TPSA) is 88.3 Å². The average Bonchev–Trinajstić information content (AvgIpc) is 3.46. The molecule has 0 radical (unpaired) electrons. The van der Waals surface area contributed by atoms with Crippen molar-refractivity contribution < 1.29 is 23.7 Å². The SMILES string of the molecule is C=CCOc1ccc(C=c2sc3n(c2=O)[C@@H](c2ccc4c(c2)OCO4)C(C(=O)OCC)=C(C)N=3)cc1Br. The molecule has 2 aliphatic heterocycles. The number of hydrogen-bond acceptors (Lipinski definition) is 8. The van der Waals surface area contributed by atoms with Gasteiger partial charge in [0.1, 0.15) is 12.4 Å². The van der Waals surface area contributed by atoms with Crippen molar-refractivity contribution in [1.29, 1.82) is 0 Å². The fraction of sp³-hybridized carbons (Fsp3) is 0.222. The monoisotopic (exact) mass is 582 g/mol. The highest BCUT2D eigenvalue weighted by Gasteiger charge is 2.34. The molecule has 10 heteroatoms. The molecule has 3 aromatic rings. The molecule has 190 valence electrons. The number of esters is 1. The number of halogens is 1. The lowest BCUT2D eigenvalue weighted by Crippen LogP contribution is -2.39. The maximum absolute atomic E-state index is 13.8. The summed E-state index contributed by atoms with van der Waals surface area (Å²) in [5.41, 5.74) is 2.06. The lowest BCUT2D eigenvalue weighted by atomic mass is 9.95. The first-order valence-corrected chi connectivity index (χ1v) is 13.1. The van der Waals surface area contributed by atoms with E-state index in [1.807, 2.05) is 24.3 Å². The van der Waals surface area contributed by atoms with E-state index in [2.05, 4.69) is 27.5 Å². The Kier molecular flexibility index (Phi) is 7.03. The number of rotatable bonds is 7. The lowest BCUT2D eigenvalue weighted by molar-refractivity contribution is -0.139. The molecular weight excluding hydrogens is 560 g/mol. The molecule has 2 aliphatic rings. The van der Waals surface area contributed by atoms with Crippen LogP contribution in [0.5, 0.6) is 17.2 Å². The zero-order valence-electron chi connectivity index (χ0n) is 20.2. The number of ether oxygens (including phenoxy) is 4. The highest BCUT2D eigenvalue weighted by Crippen LogP contribution is 2.38. The maximum Gasteiger partial charge on any atom is 0.338 e. The van der Waals surface area contributed by atoms with Gasteiger partial charge in [-0.3, -0.25) is 9.36 Å². The summed E-state index contributed by atoms with van der Waals surface area (Å²) in [7, 11) is 0. The van der Waals surface area contributed by atoms with E-state index in [1.165, 1.54) is 11.3 Å². The first kappa shape index (κ1) is 25.0. The van der Waals surface area contributed by atoms with Crippen LogP contribution in [0.15, 0.2) is 74.6 Å². The second-order valence-electron chi connectivity index (χ2n) is 8.20. The van der Waals surface area contributed by atoms with Gasteiger partial charge in [0, 0.05) is 0 Å². The van der Waals surface area contributed by atoms with E-state index in [-0.39, 0.29) is 19.0 Å². The van der Waals surface area contributed by atoms with Crippen LogP contribution in [-0.4, -0.2) is 30.5 Å². The molecule has 8 nitrogen and oxygen atoms in total. The van der Waals surface area contributed by atoms with Gasteiger partial charge >= 0.3 is 5.97 Å². The quantitative estimate of drug-likeness (QED) is 0.310. The summed E-state index contributed by atoms with van der Waals surface area (Å²) in [6.45, 7) is 7.86. The number of carbonyl (C=O) groups excluding carboxylic acids is 1. The Morgan fingerprint density at radius 2 is 2.08 bits per heavy atom. The van der Waals surface area contributed by atoms with Crippen LogP contribution < -0.4 is 29.1 Å². The number of benzene rings is 2. The first-order chi connectivity index (χ1) is 17.9. The van der Waals surface area contributed by atoms with Crippen molar-refractivity contribution in [2.24, 2.45) is 4.99 Å². The Morgan fingerprint density at radius 1 is 1.27 bits per heavy atom. The molecule has 1 aromatic heterocycles.